The topological polar surface area (TPSA) is 96.9 Å². The highest BCUT2D eigenvalue weighted by molar-refractivity contribution is 5.79. The zero-order valence-electron chi connectivity index (χ0n) is 17.9. The lowest BCUT2D eigenvalue weighted by Gasteiger charge is -2.39. The molecule has 0 aromatic heterocycles. The van der Waals surface area contributed by atoms with Crippen molar-refractivity contribution in [1.82, 2.24) is 10.6 Å². The van der Waals surface area contributed by atoms with Crippen LogP contribution in [0.25, 0.3) is 11.1 Å². The van der Waals surface area contributed by atoms with Gasteiger partial charge < -0.3 is 25.2 Å². The first kappa shape index (κ1) is 22.2. The summed E-state index contributed by atoms with van der Waals surface area (Å²) in [4.78, 5) is 22.8. The van der Waals surface area contributed by atoms with Crippen LogP contribution in [0.4, 0.5) is 4.39 Å². The average Bonchev–Trinajstić information content (AvgIpc) is 3.03. The molecule has 0 radical (unpaired) electrons. The molecule has 2 aromatic rings. The van der Waals surface area contributed by atoms with E-state index in [2.05, 4.69) is 10.6 Å². The molecule has 32 heavy (non-hydrogen) atoms. The van der Waals surface area contributed by atoms with Gasteiger partial charge in [0.1, 0.15) is 18.2 Å². The summed E-state index contributed by atoms with van der Waals surface area (Å²) in [6.45, 7) is 2.48. The Balaban J connectivity index is 1.60. The Morgan fingerprint density at radius 1 is 1.25 bits per heavy atom. The summed E-state index contributed by atoms with van der Waals surface area (Å²) in [7, 11) is 0. The molecule has 3 N–H and O–H groups in total. The summed E-state index contributed by atoms with van der Waals surface area (Å²) in [5.41, 5.74) is 0.912. The van der Waals surface area contributed by atoms with Crippen LogP contribution in [0.3, 0.4) is 0 Å². The van der Waals surface area contributed by atoms with Crippen LogP contribution >= 0.6 is 0 Å². The number of aliphatic carboxylic acids is 1. The SMILES string of the molecule is CC1CC2(COCC(=O)N2)C(Cc2cccc(-c3ccccc3OCCC(=O)O)c2F)N1. The number of ether oxygens (including phenoxy) is 2. The second-order valence-electron chi connectivity index (χ2n) is 8.49. The Labute approximate surface area is 185 Å². The number of benzene rings is 2. The molecule has 2 aliphatic rings. The number of nitrogens with one attached hydrogen (secondary N) is 2. The van der Waals surface area contributed by atoms with E-state index in [0.717, 1.165) is 0 Å². The van der Waals surface area contributed by atoms with Crippen molar-refractivity contribution in [3.05, 3.63) is 53.8 Å². The molecule has 7 nitrogen and oxygen atoms in total. The molecule has 2 aliphatic heterocycles. The third kappa shape index (κ3) is 4.61. The first-order valence-corrected chi connectivity index (χ1v) is 10.7. The molecule has 170 valence electrons. The quantitative estimate of drug-likeness (QED) is 0.610. The molecule has 4 rings (SSSR count). The standard InChI is InChI=1S/C24H27FN2O5/c1-15-12-24(14-31-13-21(28)27-24)20(26-15)11-16-5-4-7-18(23(16)25)17-6-2-3-8-19(17)32-10-9-22(29)30/h2-8,15,20,26H,9-14H2,1H3,(H,27,28)(H,29,30). The van der Waals surface area contributed by atoms with Gasteiger partial charge in [-0.15, -0.1) is 0 Å². The summed E-state index contributed by atoms with van der Waals surface area (Å²) < 4.78 is 26.8. The number of hydrogen-bond acceptors (Lipinski definition) is 5. The Kier molecular flexibility index (Phi) is 6.43. The highest BCUT2D eigenvalue weighted by atomic mass is 19.1. The number of carboxylic acids is 1. The molecule has 0 aliphatic carbocycles. The van der Waals surface area contributed by atoms with Crippen LogP contribution in [0.5, 0.6) is 5.75 Å². The number of rotatable bonds is 7. The maximum absolute atomic E-state index is 15.7. The summed E-state index contributed by atoms with van der Waals surface area (Å²) >= 11 is 0. The zero-order valence-corrected chi connectivity index (χ0v) is 17.9. The second-order valence-corrected chi connectivity index (χ2v) is 8.49. The third-order valence-electron chi connectivity index (χ3n) is 6.06. The number of para-hydroxylation sites is 1. The van der Waals surface area contributed by atoms with Gasteiger partial charge in [0.2, 0.25) is 5.91 Å². The van der Waals surface area contributed by atoms with Gasteiger partial charge in [0.25, 0.3) is 0 Å². The van der Waals surface area contributed by atoms with E-state index in [0.29, 0.717) is 41.9 Å². The molecule has 2 aromatic carbocycles. The van der Waals surface area contributed by atoms with Crippen LogP contribution in [0.2, 0.25) is 0 Å². The molecule has 8 heteroatoms. The molecule has 3 atom stereocenters. The van der Waals surface area contributed by atoms with E-state index in [1.807, 2.05) is 6.92 Å². The van der Waals surface area contributed by atoms with Crippen LogP contribution in [0, 0.1) is 5.82 Å². The fourth-order valence-corrected chi connectivity index (χ4v) is 4.71. The predicted molar refractivity (Wildman–Crippen MR) is 116 cm³/mol. The van der Waals surface area contributed by atoms with Crippen LogP contribution in [0.15, 0.2) is 42.5 Å². The molecule has 0 saturated carbocycles. The third-order valence-corrected chi connectivity index (χ3v) is 6.06. The number of amides is 1. The maximum atomic E-state index is 15.7. The maximum Gasteiger partial charge on any atom is 0.306 e. The first-order chi connectivity index (χ1) is 15.4. The molecular formula is C24H27FN2O5. The normalized spacial score (nSPS) is 25.0. The van der Waals surface area contributed by atoms with Gasteiger partial charge in [0.05, 0.1) is 25.2 Å². The van der Waals surface area contributed by atoms with Crippen molar-refractivity contribution in [3.63, 3.8) is 0 Å². The van der Waals surface area contributed by atoms with Gasteiger partial charge in [0, 0.05) is 23.2 Å². The van der Waals surface area contributed by atoms with Gasteiger partial charge in [-0.1, -0.05) is 36.4 Å². The smallest absolute Gasteiger partial charge is 0.306 e. The Hall–Kier alpha value is -2.97. The largest absolute Gasteiger partial charge is 0.492 e. The van der Waals surface area contributed by atoms with Gasteiger partial charge in [-0.25, -0.2) is 4.39 Å². The molecule has 1 spiro atoms. The lowest BCUT2D eigenvalue weighted by atomic mass is 9.85. The number of carbonyl (C=O) groups is 2. The number of hydrogen-bond donors (Lipinski definition) is 3. The van der Waals surface area contributed by atoms with Crippen molar-refractivity contribution in [2.45, 2.75) is 43.8 Å². The molecule has 3 unspecified atom stereocenters. The van der Waals surface area contributed by atoms with Gasteiger partial charge in [-0.05, 0) is 31.4 Å². The second kappa shape index (κ2) is 9.26. The van der Waals surface area contributed by atoms with Gasteiger partial charge in [-0.3, -0.25) is 9.59 Å². The van der Waals surface area contributed by atoms with E-state index in [9.17, 15) is 9.59 Å². The molecule has 2 saturated heterocycles. The van der Waals surface area contributed by atoms with E-state index < -0.39 is 11.5 Å². The van der Waals surface area contributed by atoms with Crippen molar-refractivity contribution in [3.8, 4) is 16.9 Å². The lowest BCUT2D eigenvalue weighted by Crippen LogP contribution is -2.63. The summed E-state index contributed by atoms with van der Waals surface area (Å²) in [5, 5.41) is 15.4. The van der Waals surface area contributed by atoms with Crippen LogP contribution < -0.4 is 15.4 Å². The van der Waals surface area contributed by atoms with Crippen molar-refractivity contribution >= 4 is 11.9 Å². The van der Waals surface area contributed by atoms with E-state index in [1.54, 1.807) is 42.5 Å². The summed E-state index contributed by atoms with van der Waals surface area (Å²) in [5.74, 6) is -1.04. The van der Waals surface area contributed by atoms with Gasteiger partial charge in [-0.2, -0.15) is 0 Å². The Bertz CT molecular complexity index is 1010. The lowest BCUT2D eigenvalue weighted by molar-refractivity contribution is -0.137. The number of carboxylic acid groups (broad SMARTS) is 1. The van der Waals surface area contributed by atoms with Crippen LogP contribution in [-0.2, 0) is 20.7 Å². The monoisotopic (exact) mass is 442 g/mol. The van der Waals surface area contributed by atoms with Crippen LogP contribution in [-0.4, -0.2) is 54.4 Å². The van der Waals surface area contributed by atoms with Crippen LogP contribution in [0.1, 0.15) is 25.3 Å². The average molecular weight is 442 g/mol. The van der Waals surface area contributed by atoms with Crippen molar-refractivity contribution in [1.29, 1.82) is 0 Å². The minimum atomic E-state index is -0.957. The number of halogens is 1. The minimum Gasteiger partial charge on any atom is -0.492 e. The van der Waals surface area contributed by atoms with Gasteiger partial charge in [0.15, 0.2) is 0 Å². The molecule has 0 bridgehead atoms. The van der Waals surface area contributed by atoms with E-state index in [1.165, 1.54) is 0 Å². The Morgan fingerprint density at radius 3 is 2.81 bits per heavy atom. The number of morpholine rings is 1. The summed E-state index contributed by atoms with van der Waals surface area (Å²) in [6, 6.07) is 12.2. The summed E-state index contributed by atoms with van der Waals surface area (Å²) in [6.07, 6.45) is 0.957. The highest BCUT2D eigenvalue weighted by Crippen LogP contribution is 2.35. The fourth-order valence-electron chi connectivity index (χ4n) is 4.71. The molecule has 2 fully saturated rings. The zero-order chi connectivity index (χ0) is 22.7. The minimum absolute atomic E-state index is 0.000241. The predicted octanol–water partition coefficient (Wildman–Crippen LogP) is 2.52. The van der Waals surface area contributed by atoms with E-state index >= 15 is 4.39 Å². The first-order valence-electron chi connectivity index (χ1n) is 10.7. The van der Waals surface area contributed by atoms with E-state index in [-0.39, 0.29) is 43.4 Å². The van der Waals surface area contributed by atoms with Crippen molar-refractivity contribution < 1.29 is 28.6 Å². The van der Waals surface area contributed by atoms with Crippen molar-refractivity contribution in [2.24, 2.45) is 0 Å². The Morgan fingerprint density at radius 2 is 2.03 bits per heavy atom. The molecular weight excluding hydrogens is 415 g/mol. The molecule has 1 amide bonds. The van der Waals surface area contributed by atoms with Gasteiger partial charge >= 0.3 is 5.97 Å². The number of carbonyl (C=O) groups excluding carboxylic acids is 1. The van der Waals surface area contributed by atoms with E-state index in [4.69, 9.17) is 14.6 Å². The fraction of sp³-hybridized carbons (Fsp3) is 0.417. The highest BCUT2D eigenvalue weighted by Gasteiger charge is 2.49. The molecule has 2 heterocycles. The van der Waals surface area contributed by atoms with Crippen molar-refractivity contribution in [2.75, 3.05) is 19.8 Å².